The summed E-state index contributed by atoms with van der Waals surface area (Å²) in [5.41, 5.74) is 1.93. The van der Waals surface area contributed by atoms with Crippen molar-refractivity contribution in [3.63, 3.8) is 0 Å². The molecule has 2 aromatic carbocycles. The number of aryl methyl sites for hydroxylation is 1. The monoisotopic (exact) mass is 432 g/mol. The number of fused-ring (bicyclic) bond motifs is 3. The van der Waals surface area contributed by atoms with Crippen LogP contribution in [0.3, 0.4) is 0 Å². The Morgan fingerprint density at radius 1 is 1.00 bits per heavy atom. The minimum absolute atomic E-state index is 0.223. The summed E-state index contributed by atoms with van der Waals surface area (Å²) < 4.78 is 14.7. The van der Waals surface area contributed by atoms with E-state index in [1.807, 2.05) is 12.1 Å². The molecular formula is C18H10FIN2O2. The fourth-order valence-electron chi connectivity index (χ4n) is 2.98. The van der Waals surface area contributed by atoms with Crippen LogP contribution >= 0.6 is 22.6 Å². The van der Waals surface area contributed by atoms with Crippen molar-refractivity contribution in [3.05, 3.63) is 68.7 Å². The Morgan fingerprint density at radius 2 is 1.67 bits per heavy atom. The van der Waals surface area contributed by atoms with E-state index >= 15 is 0 Å². The third-order valence-electron chi connectivity index (χ3n) is 4.05. The summed E-state index contributed by atoms with van der Waals surface area (Å²) in [7, 11) is 0. The van der Waals surface area contributed by atoms with E-state index in [0.29, 0.717) is 22.3 Å². The number of benzene rings is 2. The lowest BCUT2D eigenvalue weighted by molar-refractivity contribution is 0.0926. The van der Waals surface area contributed by atoms with Gasteiger partial charge >= 0.3 is 0 Å². The van der Waals surface area contributed by atoms with Crippen LogP contribution < -0.4 is 4.90 Å². The van der Waals surface area contributed by atoms with Crippen LogP contribution in [0.4, 0.5) is 10.1 Å². The van der Waals surface area contributed by atoms with E-state index in [9.17, 15) is 14.0 Å². The van der Waals surface area contributed by atoms with Gasteiger partial charge in [0.1, 0.15) is 5.82 Å². The van der Waals surface area contributed by atoms with Crippen molar-refractivity contribution in [2.75, 3.05) is 4.90 Å². The molecule has 0 saturated carbocycles. The molecule has 0 N–H and O–H groups in total. The minimum Gasteiger partial charge on any atom is -0.268 e. The van der Waals surface area contributed by atoms with Gasteiger partial charge in [-0.05, 0) is 72.0 Å². The number of carbonyl (C=O) groups is 2. The van der Waals surface area contributed by atoms with Crippen molar-refractivity contribution in [3.8, 4) is 0 Å². The van der Waals surface area contributed by atoms with Gasteiger partial charge in [-0.25, -0.2) is 9.29 Å². The summed E-state index contributed by atoms with van der Waals surface area (Å²) in [4.78, 5) is 31.2. The average Bonchev–Trinajstić information content (AvgIpc) is 2.81. The van der Waals surface area contributed by atoms with Crippen LogP contribution in [0.2, 0.25) is 0 Å². The van der Waals surface area contributed by atoms with Crippen LogP contribution in [0.5, 0.6) is 0 Å². The van der Waals surface area contributed by atoms with E-state index in [2.05, 4.69) is 27.6 Å². The molecular weight excluding hydrogens is 422 g/mol. The van der Waals surface area contributed by atoms with Crippen molar-refractivity contribution in [1.29, 1.82) is 0 Å². The predicted octanol–water partition coefficient (Wildman–Crippen LogP) is 4.09. The van der Waals surface area contributed by atoms with Crippen molar-refractivity contribution >= 4 is 51.0 Å². The molecule has 118 valence electrons. The largest absolute Gasteiger partial charge is 0.268 e. The Kier molecular flexibility index (Phi) is 3.38. The Morgan fingerprint density at radius 3 is 2.38 bits per heavy atom. The molecule has 4 rings (SSSR count). The SMILES string of the molecule is Cc1nc2ccc(F)cc2c2c1C(=O)N(c1ccc(I)cc1)C2=O. The molecule has 0 unspecified atom stereocenters. The maximum absolute atomic E-state index is 13.7. The first kappa shape index (κ1) is 15.2. The molecule has 0 radical (unpaired) electrons. The first-order valence-corrected chi connectivity index (χ1v) is 8.29. The highest BCUT2D eigenvalue weighted by atomic mass is 127. The highest BCUT2D eigenvalue weighted by Crippen LogP contribution is 2.34. The zero-order valence-corrected chi connectivity index (χ0v) is 14.7. The smallest absolute Gasteiger partial charge is 0.268 e. The summed E-state index contributed by atoms with van der Waals surface area (Å²) in [5, 5.41) is 0.363. The zero-order valence-electron chi connectivity index (χ0n) is 12.5. The zero-order chi connectivity index (χ0) is 17.0. The van der Waals surface area contributed by atoms with Gasteiger partial charge in [0.05, 0.1) is 28.0 Å². The highest BCUT2D eigenvalue weighted by molar-refractivity contribution is 14.1. The lowest BCUT2D eigenvalue weighted by atomic mass is 10.0. The molecule has 0 fully saturated rings. The van der Waals surface area contributed by atoms with E-state index in [1.165, 1.54) is 18.2 Å². The lowest BCUT2D eigenvalue weighted by Crippen LogP contribution is -2.29. The van der Waals surface area contributed by atoms with Gasteiger partial charge in [0, 0.05) is 8.96 Å². The number of aromatic nitrogens is 1. The van der Waals surface area contributed by atoms with Crippen molar-refractivity contribution in [2.45, 2.75) is 6.92 Å². The van der Waals surface area contributed by atoms with Gasteiger partial charge in [0.15, 0.2) is 0 Å². The first-order chi connectivity index (χ1) is 11.5. The highest BCUT2D eigenvalue weighted by Gasteiger charge is 2.40. The molecule has 2 heterocycles. The Labute approximate surface area is 150 Å². The number of imide groups is 1. The second kappa shape index (κ2) is 5.34. The van der Waals surface area contributed by atoms with Crippen LogP contribution in [0.25, 0.3) is 10.9 Å². The topological polar surface area (TPSA) is 50.3 Å². The minimum atomic E-state index is -0.469. The van der Waals surface area contributed by atoms with Crippen LogP contribution in [0.15, 0.2) is 42.5 Å². The van der Waals surface area contributed by atoms with Crippen LogP contribution in [-0.2, 0) is 0 Å². The summed E-state index contributed by atoms with van der Waals surface area (Å²) in [5.74, 6) is -1.34. The molecule has 0 spiro atoms. The number of anilines is 1. The molecule has 24 heavy (non-hydrogen) atoms. The van der Waals surface area contributed by atoms with E-state index in [4.69, 9.17) is 0 Å². The molecule has 0 aliphatic carbocycles. The Bertz CT molecular complexity index is 1030. The van der Waals surface area contributed by atoms with E-state index < -0.39 is 17.6 Å². The molecule has 6 heteroatoms. The van der Waals surface area contributed by atoms with Gasteiger partial charge in [-0.15, -0.1) is 0 Å². The summed E-state index contributed by atoms with van der Waals surface area (Å²) >= 11 is 2.15. The molecule has 4 nitrogen and oxygen atoms in total. The molecule has 0 saturated heterocycles. The van der Waals surface area contributed by atoms with E-state index in [1.54, 1.807) is 19.1 Å². The molecule has 0 atom stereocenters. The quantitative estimate of drug-likeness (QED) is 0.430. The fourth-order valence-corrected chi connectivity index (χ4v) is 3.34. The maximum Gasteiger partial charge on any atom is 0.268 e. The molecule has 3 aromatic rings. The first-order valence-electron chi connectivity index (χ1n) is 7.21. The molecule has 1 aliphatic heterocycles. The van der Waals surface area contributed by atoms with E-state index in [-0.39, 0.29) is 11.1 Å². The van der Waals surface area contributed by atoms with Gasteiger partial charge in [-0.1, -0.05) is 0 Å². The summed E-state index contributed by atoms with van der Waals surface area (Å²) in [6.07, 6.45) is 0. The fraction of sp³-hybridized carbons (Fsp3) is 0.0556. The molecule has 1 aliphatic rings. The van der Waals surface area contributed by atoms with Gasteiger partial charge in [0.2, 0.25) is 0 Å². The second-order valence-electron chi connectivity index (χ2n) is 5.53. The Hall–Kier alpha value is -2.35. The maximum atomic E-state index is 13.7. The van der Waals surface area contributed by atoms with Gasteiger partial charge < -0.3 is 0 Å². The number of amides is 2. The average molecular weight is 432 g/mol. The standard InChI is InChI=1S/C18H10FIN2O2/c1-9-15-16(13-8-10(19)2-7-14(13)21-9)18(24)22(17(15)23)12-5-3-11(20)4-6-12/h2-8H,1H3. The van der Waals surface area contributed by atoms with Crippen molar-refractivity contribution in [2.24, 2.45) is 0 Å². The third-order valence-corrected chi connectivity index (χ3v) is 4.77. The van der Waals surface area contributed by atoms with Crippen molar-refractivity contribution < 1.29 is 14.0 Å². The Balaban J connectivity index is 1.98. The second-order valence-corrected chi connectivity index (χ2v) is 6.78. The van der Waals surface area contributed by atoms with Crippen LogP contribution in [-0.4, -0.2) is 16.8 Å². The molecule has 1 aromatic heterocycles. The van der Waals surface area contributed by atoms with Crippen LogP contribution in [0, 0.1) is 16.3 Å². The summed E-state index contributed by atoms with van der Waals surface area (Å²) in [6.45, 7) is 1.68. The normalized spacial score (nSPS) is 13.7. The number of halogens is 2. The van der Waals surface area contributed by atoms with Gasteiger partial charge in [-0.3, -0.25) is 14.6 Å². The predicted molar refractivity (Wildman–Crippen MR) is 96.7 cm³/mol. The molecule has 0 bridgehead atoms. The van der Waals surface area contributed by atoms with Gasteiger partial charge in [-0.2, -0.15) is 0 Å². The number of carbonyl (C=O) groups excluding carboxylic acids is 2. The van der Waals surface area contributed by atoms with Crippen molar-refractivity contribution in [1.82, 2.24) is 4.98 Å². The van der Waals surface area contributed by atoms with E-state index in [0.717, 1.165) is 8.47 Å². The van der Waals surface area contributed by atoms with Crippen LogP contribution in [0.1, 0.15) is 26.4 Å². The number of pyridine rings is 1. The summed E-state index contributed by atoms with van der Waals surface area (Å²) in [6, 6.07) is 11.1. The number of hydrogen-bond donors (Lipinski definition) is 0. The lowest BCUT2D eigenvalue weighted by Gasteiger charge is -2.13. The molecule has 2 amide bonds. The third kappa shape index (κ3) is 2.13. The van der Waals surface area contributed by atoms with Gasteiger partial charge in [0.25, 0.3) is 11.8 Å². The number of rotatable bonds is 1. The number of nitrogens with zero attached hydrogens (tertiary/aromatic N) is 2. The number of hydrogen-bond acceptors (Lipinski definition) is 3.